The standard InChI is InChI=1S/C11H14FNO/c1-2-13(8-5-9-14)11-7-4-3-6-10(11)12/h3-4,6-7,9H,2,5,8H2,1H3. The van der Waals surface area contributed by atoms with Gasteiger partial charge in [-0.15, -0.1) is 0 Å². The highest BCUT2D eigenvalue weighted by Crippen LogP contribution is 2.18. The molecule has 3 heteroatoms. The number of aldehydes is 1. The van der Waals surface area contributed by atoms with Gasteiger partial charge in [0.2, 0.25) is 0 Å². The maximum Gasteiger partial charge on any atom is 0.146 e. The number of benzene rings is 1. The molecular weight excluding hydrogens is 181 g/mol. The minimum atomic E-state index is -0.236. The summed E-state index contributed by atoms with van der Waals surface area (Å²) in [6.07, 6.45) is 1.28. The van der Waals surface area contributed by atoms with E-state index in [0.717, 1.165) is 6.29 Å². The number of hydrogen-bond acceptors (Lipinski definition) is 2. The van der Waals surface area contributed by atoms with E-state index in [1.54, 1.807) is 18.2 Å². The Labute approximate surface area is 83.3 Å². The number of halogens is 1. The van der Waals surface area contributed by atoms with Crippen LogP contribution in [0.1, 0.15) is 13.3 Å². The second kappa shape index (κ2) is 5.37. The van der Waals surface area contributed by atoms with Crippen LogP contribution in [0.5, 0.6) is 0 Å². The Morgan fingerprint density at radius 2 is 2.14 bits per heavy atom. The average Bonchev–Trinajstić information content (AvgIpc) is 2.21. The predicted octanol–water partition coefficient (Wildman–Crippen LogP) is 2.24. The molecular formula is C11H14FNO. The molecule has 14 heavy (non-hydrogen) atoms. The van der Waals surface area contributed by atoms with Crippen molar-refractivity contribution < 1.29 is 9.18 Å². The molecule has 0 bridgehead atoms. The van der Waals surface area contributed by atoms with Gasteiger partial charge in [0.05, 0.1) is 5.69 Å². The lowest BCUT2D eigenvalue weighted by Crippen LogP contribution is -2.25. The summed E-state index contributed by atoms with van der Waals surface area (Å²) in [5.74, 6) is -0.236. The quantitative estimate of drug-likeness (QED) is 0.671. The lowest BCUT2D eigenvalue weighted by atomic mass is 10.2. The largest absolute Gasteiger partial charge is 0.369 e. The van der Waals surface area contributed by atoms with E-state index >= 15 is 0 Å². The molecule has 0 aromatic heterocycles. The van der Waals surface area contributed by atoms with E-state index in [4.69, 9.17) is 0 Å². The van der Waals surface area contributed by atoms with E-state index in [0.29, 0.717) is 25.2 Å². The lowest BCUT2D eigenvalue weighted by Gasteiger charge is -2.22. The van der Waals surface area contributed by atoms with E-state index in [1.807, 2.05) is 11.8 Å². The number of anilines is 1. The summed E-state index contributed by atoms with van der Waals surface area (Å²) in [4.78, 5) is 12.1. The van der Waals surface area contributed by atoms with Crippen LogP contribution in [0, 0.1) is 5.82 Å². The molecule has 0 aliphatic heterocycles. The van der Waals surface area contributed by atoms with Gasteiger partial charge >= 0.3 is 0 Å². The molecule has 0 atom stereocenters. The van der Waals surface area contributed by atoms with Gasteiger partial charge in [-0.2, -0.15) is 0 Å². The molecule has 0 saturated heterocycles. The molecule has 0 unspecified atom stereocenters. The van der Waals surface area contributed by atoms with Crippen molar-refractivity contribution in [3.05, 3.63) is 30.1 Å². The van der Waals surface area contributed by atoms with Crippen LogP contribution in [0.15, 0.2) is 24.3 Å². The molecule has 0 aliphatic carbocycles. The van der Waals surface area contributed by atoms with E-state index in [9.17, 15) is 9.18 Å². The fourth-order valence-electron chi connectivity index (χ4n) is 1.37. The highest BCUT2D eigenvalue weighted by atomic mass is 19.1. The minimum absolute atomic E-state index is 0.236. The Balaban J connectivity index is 2.78. The predicted molar refractivity (Wildman–Crippen MR) is 55.0 cm³/mol. The first-order valence-corrected chi connectivity index (χ1v) is 4.72. The second-order valence-corrected chi connectivity index (χ2v) is 2.99. The number of carbonyl (C=O) groups is 1. The van der Waals surface area contributed by atoms with E-state index in [-0.39, 0.29) is 5.82 Å². The Hall–Kier alpha value is -1.38. The van der Waals surface area contributed by atoms with Crippen molar-refractivity contribution >= 4 is 12.0 Å². The third-order valence-corrected chi connectivity index (χ3v) is 2.09. The van der Waals surface area contributed by atoms with Gasteiger partial charge in [-0.1, -0.05) is 12.1 Å². The molecule has 0 fully saturated rings. The molecule has 0 amide bonds. The number of hydrogen-bond donors (Lipinski definition) is 0. The van der Waals surface area contributed by atoms with Crippen molar-refractivity contribution in [3.63, 3.8) is 0 Å². The molecule has 1 aromatic carbocycles. The second-order valence-electron chi connectivity index (χ2n) is 2.99. The molecule has 2 nitrogen and oxygen atoms in total. The molecule has 0 saturated carbocycles. The van der Waals surface area contributed by atoms with Gasteiger partial charge in [-0.3, -0.25) is 0 Å². The van der Waals surface area contributed by atoms with E-state index in [2.05, 4.69) is 0 Å². The fourth-order valence-corrected chi connectivity index (χ4v) is 1.37. The van der Waals surface area contributed by atoms with Crippen LogP contribution in [-0.4, -0.2) is 19.4 Å². The first-order chi connectivity index (χ1) is 6.79. The first-order valence-electron chi connectivity index (χ1n) is 4.72. The molecule has 0 radical (unpaired) electrons. The smallest absolute Gasteiger partial charge is 0.146 e. The molecule has 1 rings (SSSR count). The maximum atomic E-state index is 13.3. The van der Waals surface area contributed by atoms with Gasteiger partial charge in [-0.25, -0.2) is 4.39 Å². The van der Waals surface area contributed by atoms with Crippen LogP contribution in [0.2, 0.25) is 0 Å². The van der Waals surface area contributed by atoms with Crippen LogP contribution in [0.25, 0.3) is 0 Å². The van der Waals surface area contributed by atoms with Gasteiger partial charge in [0.1, 0.15) is 12.1 Å². The van der Waals surface area contributed by atoms with Gasteiger partial charge in [0.25, 0.3) is 0 Å². The molecule has 0 N–H and O–H groups in total. The van der Waals surface area contributed by atoms with Crippen LogP contribution in [0.4, 0.5) is 10.1 Å². The van der Waals surface area contributed by atoms with Crippen LogP contribution >= 0.6 is 0 Å². The third kappa shape index (κ3) is 2.55. The van der Waals surface area contributed by atoms with Crippen LogP contribution in [-0.2, 0) is 4.79 Å². The summed E-state index contributed by atoms with van der Waals surface area (Å²) in [6, 6.07) is 6.61. The first kappa shape index (κ1) is 10.7. The van der Waals surface area contributed by atoms with E-state index < -0.39 is 0 Å². The Kier molecular flexibility index (Phi) is 4.11. The van der Waals surface area contributed by atoms with Gasteiger partial charge in [-0.05, 0) is 19.1 Å². The van der Waals surface area contributed by atoms with Crippen molar-refractivity contribution in [2.45, 2.75) is 13.3 Å². The highest BCUT2D eigenvalue weighted by molar-refractivity contribution is 5.53. The number of carbonyl (C=O) groups excluding carboxylic acids is 1. The third-order valence-electron chi connectivity index (χ3n) is 2.09. The van der Waals surface area contributed by atoms with Crippen molar-refractivity contribution in [1.82, 2.24) is 0 Å². The monoisotopic (exact) mass is 195 g/mol. The van der Waals surface area contributed by atoms with Gasteiger partial charge in [0.15, 0.2) is 0 Å². The molecule has 0 aliphatic rings. The summed E-state index contributed by atoms with van der Waals surface area (Å²) in [5, 5.41) is 0. The van der Waals surface area contributed by atoms with Crippen LogP contribution in [0.3, 0.4) is 0 Å². The summed E-state index contributed by atoms with van der Waals surface area (Å²) < 4.78 is 13.3. The van der Waals surface area contributed by atoms with Crippen molar-refractivity contribution in [2.75, 3.05) is 18.0 Å². The zero-order chi connectivity index (χ0) is 10.4. The normalized spacial score (nSPS) is 9.86. The fraction of sp³-hybridized carbons (Fsp3) is 0.364. The minimum Gasteiger partial charge on any atom is -0.369 e. The van der Waals surface area contributed by atoms with Crippen molar-refractivity contribution in [1.29, 1.82) is 0 Å². The average molecular weight is 195 g/mol. The summed E-state index contributed by atoms with van der Waals surface area (Å²) in [5.41, 5.74) is 0.567. The number of rotatable bonds is 5. The highest BCUT2D eigenvalue weighted by Gasteiger charge is 2.07. The van der Waals surface area contributed by atoms with Crippen molar-refractivity contribution in [3.8, 4) is 0 Å². The Bertz CT molecular complexity index is 301. The molecule has 76 valence electrons. The Morgan fingerprint density at radius 1 is 1.43 bits per heavy atom. The number of para-hydroxylation sites is 1. The van der Waals surface area contributed by atoms with Crippen LogP contribution < -0.4 is 4.90 Å². The maximum absolute atomic E-state index is 13.3. The van der Waals surface area contributed by atoms with Crippen molar-refractivity contribution in [2.24, 2.45) is 0 Å². The van der Waals surface area contributed by atoms with E-state index in [1.165, 1.54) is 6.07 Å². The lowest BCUT2D eigenvalue weighted by molar-refractivity contribution is -0.107. The summed E-state index contributed by atoms with van der Waals surface area (Å²) in [6.45, 7) is 3.22. The molecule has 1 aromatic rings. The van der Waals surface area contributed by atoms with Gasteiger partial charge in [0, 0.05) is 19.5 Å². The SMILES string of the molecule is CCN(CCC=O)c1ccccc1F. The molecule has 0 heterocycles. The zero-order valence-corrected chi connectivity index (χ0v) is 8.24. The summed E-state index contributed by atoms with van der Waals surface area (Å²) in [7, 11) is 0. The Morgan fingerprint density at radius 3 is 2.71 bits per heavy atom. The number of nitrogens with zero attached hydrogens (tertiary/aromatic N) is 1. The summed E-state index contributed by atoms with van der Waals surface area (Å²) >= 11 is 0. The zero-order valence-electron chi connectivity index (χ0n) is 8.24. The topological polar surface area (TPSA) is 20.3 Å². The van der Waals surface area contributed by atoms with Gasteiger partial charge < -0.3 is 9.69 Å². The molecule has 0 spiro atoms.